The maximum absolute atomic E-state index is 5.94. The minimum absolute atomic E-state index is 0.0341. The van der Waals surface area contributed by atoms with Gasteiger partial charge in [0.25, 0.3) is 0 Å². The van der Waals surface area contributed by atoms with Crippen LogP contribution in [0.5, 0.6) is 0 Å². The van der Waals surface area contributed by atoms with Crippen molar-refractivity contribution < 1.29 is 0 Å². The third-order valence-electron chi connectivity index (χ3n) is 3.74. The van der Waals surface area contributed by atoms with Crippen molar-refractivity contribution in [2.75, 3.05) is 13.1 Å². The van der Waals surface area contributed by atoms with Gasteiger partial charge in [0.1, 0.15) is 0 Å². The Kier molecular flexibility index (Phi) is 4.19. The molecule has 1 aliphatic rings. The normalized spacial score (nSPS) is 19.0. The van der Waals surface area contributed by atoms with Crippen LogP contribution in [0.25, 0.3) is 0 Å². The van der Waals surface area contributed by atoms with Gasteiger partial charge in [-0.1, -0.05) is 20.3 Å². The van der Waals surface area contributed by atoms with Crippen molar-refractivity contribution in [2.24, 2.45) is 17.1 Å². The zero-order valence-electron chi connectivity index (χ0n) is 10.9. The molecule has 2 nitrogen and oxygen atoms in total. The van der Waals surface area contributed by atoms with Crippen LogP contribution in [-0.2, 0) is 0 Å². The first kappa shape index (κ1) is 13.0. The van der Waals surface area contributed by atoms with Crippen molar-refractivity contribution >= 4 is 0 Å². The first-order valence-corrected chi connectivity index (χ1v) is 6.31. The lowest BCUT2D eigenvalue weighted by Crippen LogP contribution is -2.41. The van der Waals surface area contributed by atoms with Crippen LogP contribution in [0.1, 0.15) is 53.4 Å². The predicted molar refractivity (Wildman–Crippen MR) is 66.9 cm³/mol. The van der Waals surface area contributed by atoms with Gasteiger partial charge in [-0.2, -0.15) is 0 Å². The number of rotatable bonds is 6. The molecule has 0 radical (unpaired) electrons. The SMILES string of the molecule is CC(C)(N)CCNCC(C)(C)C1CCC1. The minimum atomic E-state index is -0.0341. The Bertz CT molecular complexity index is 187. The molecule has 0 unspecified atom stereocenters. The summed E-state index contributed by atoms with van der Waals surface area (Å²) in [7, 11) is 0. The smallest absolute Gasteiger partial charge is 0.0109 e. The summed E-state index contributed by atoms with van der Waals surface area (Å²) in [4.78, 5) is 0. The second kappa shape index (κ2) is 4.84. The molecule has 0 aromatic carbocycles. The third-order valence-corrected chi connectivity index (χ3v) is 3.74. The Hall–Kier alpha value is -0.0800. The van der Waals surface area contributed by atoms with E-state index in [0.29, 0.717) is 5.41 Å². The first-order chi connectivity index (χ1) is 6.81. The highest BCUT2D eigenvalue weighted by Gasteiger charge is 2.33. The quantitative estimate of drug-likeness (QED) is 0.664. The van der Waals surface area contributed by atoms with Gasteiger partial charge in [-0.15, -0.1) is 0 Å². The molecule has 0 amide bonds. The van der Waals surface area contributed by atoms with Crippen LogP contribution in [0.2, 0.25) is 0 Å². The van der Waals surface area contributed by atoms with E-state index in [1.807, 2.05) is 0 Å². The van der Waals surface area contributed by atoms with Crippen molar-refractivity contribution in [1.29, 1.82) is 0 Å². The lowest BCUT2D eigenvalue weighted by atomic mass is 9.67. The molecule has 15 heavy (non-hydrogen) atoms. The molecule has 3 N–H and O–H groups in total. The van der Waals surface area contributed by atoms with Gasteiger partial charge >= 0.3 is 0 Å². The first-order valence-electron chi connectivity index (χ1n) is 6.31. The maximum Gasteiger partial charge on any atom is 0.0109 e. The molecular formula is C13H28N2. The molecule has 0 bridgehead atoms. The van der Waals surface area contributed by atoms with Crippen LogP contribution in [0.4, 0.5) is 0 Å². The molecule has 1 fully saturated rings. The molecule has 2 heteroatoms. The number of hydrogen-bond acceptors (Lipinski definition) is 2. The van der Waals surface area contributed by atoms with Crippen molar-refractivity contribution in [3.05, 3.63) is 0 Å². The number of nitrogens with two attached hydrogens (primary N) is 1. The molecule has 1 aliphatic carbocycles. The summed E-state index contributed by atoms with van der Waals surface area (Å²) in [6.45, 7) is 11.1. The van der Waals surface area contributed by atoms with Crippen LogP contribution < -0.4 is 11.1 Å². The molecule has 90 valence electrons. The van der Waals surface area contributed by atoms with Crippen molar-refractivity contribution in [3.63, 3.8) is 0 Å². The van der Waals surface area contributed by atoms with E-state index in [1.165, 1.54) is 19.3 Å². The topological polar surface area (TPSA) is 38.0 Å². The lowest BCUT2D eigenvalue weighted by molar-refractivity contribution is 0.118. The Morgan fingerprint density at radius 2 is 1.80 bits per heavy atom. The van der Waals surface area contributed by atoms with E-state index in [2.05, 4.69) is 33.0 Å². The lowest BCUT2D eigenvalue weighted by Gasteiger charge is -2.40. The highest BCUT2D eigenvalue weighted by molar-refractivity contribution is 4.86. The zero-order chi connectivity index (χ0) is 11.5. The van der Waals surface area contributed by atoms with E-state index in [-0.39, 0.29) is 5.54 Å². The average molecular weight is 212 g/mol. The van der Waals surface area contributed by atoms with Crippen molar-refractivity contribution in [3.8, 4) is 0 Å². The molecule has 1 rings (SSSR count). The standard InChI is InChI=1S/C13H28N2/c1-12(2,11-6-5-7-11)10-15-9-8-13(3,4)14/h11,15H,5-10,14H2,1-4H3. The van der Waals surface area contributed by atoms with Crippen LogP contribution in [0.15, 0.2) is 0 Å². The molecule has 0 aromatic rings. The number of hydrogen-bond donors (Lipinski definition) is 2. The average Bonchev–Trinajstić information content (AvgIpc) is 1.91. The van der Waals surface area contributed by atoms with Gasteiger partial charge < -0.3 is 11.1 Å². The fraction of sp³-hybridized carbons (Fsp3) is 1.00. The van der Waals surface area contributed by atoms with Gasteiger partial charge in [-0.25, -0.2) is 0 Å². The molecule has 0 saturated heterocycles. The fourth-order valence-corrected chi connectivity index (χ4v) is 2.16. The summed E-state index contributed by atoms with van der Waals surface area (Å²) >= 11 is 0. The minimum Gasteiger partial charge on any atom is -0.326 e. The Morgan fingerprint density at radius 3 is 2.20 bits per heavy atom. The van der Waals surface area contributed by atoms with Gasteiger partial charge in [-0.3, -0.25) is 0 Å². The van der Waals surface area contributed by atoms with Crippen molar-refractivity contribution in [2.45, 2.75) is 58.9 Å². The second-order valence-electron chi connectivity index (χ2n) is 6.53. The van der Waals surface area contributed by atoms with E-state index in [9.17, 15) is 0 Å². The summed E-state index contributed by atoms with van der Waals surface area (Å²) in [5.41, 5.74) is 6.38. The summed E-state index contributed by atoms with van der Waals surface area (Å²) in [6.07, 6.45) is 5.34. The Morgan fingerprint density at radius 1 is 1.20 bits per heavy atom. The molecule has 0 spiro atoms. The van der Waals surface area contributed by atoms with Gasteiger partial charge in [0.05, 0.1) is 0 Å². The van der Waals surface area contributed by atoms with Crippen LogP contribution in [0, 0.1) is 11.3 Å². The monoisotopic (exact) mass is 212 g/mol. The Balaban J connectivity index is 2.13. The van der Waals surface area contributed by atoms with E-state index in [4.69, 9.17) is 5.73 Å². The molecular weight excluding hydrogens is 184 g/mol. The molecule has 0 atom stereocenters. The van der Waals surface area contributed by atoms with E-state index < -0.39 is 0 Å². The van der Waals surface area contributed by atoms with E-state index in [1.54, 1.807) is 0 Å². The van der Waals surface area contributed by atoms with Gasteiger partial charge in [0.2, 0.25) is 0 Å². The van der Waals surface area contributed by atoms with Crippen LogP contribution in [-0.4, -0.2) is 18.6 Å². The summed E-state index contributed by atoms with van der Waals surface area (Å²) < 4.78 is 0. The van der Waals surface area contributed by atoms with Crippen LogP contribution in [0.3, 0.4) is 0 Å². The third kappa shape index (κ3) is 4.52. The summed E-state index contributed by atoms with van der Waals surface area (Å²) in [5.74, 6) is 0.941. The molecule has 0 heterocycles. The molecule has 0 aromatic heterocycles. The maximum atomic E-state index is 5.94. The summed E-state index contributed by atoms with van der Waals surface area (Å²) in [5, 5.41) is 3.55. The second-order valence-corrected chi connectivity index (χ2v) is 6.53. The molecule has 0 aliphatic heterocycles. The van der Waals surface area contributed by atoms with Gasteiger partial charge in [0, 0.05) is 12.1 Å². The zero-order valence-corrected chi connectivity index (χ0v) is 10.9. The highest BCUT2D eigenvalue weighted by Crippen LogP contribution is 2.41. The largest absolute Gasteiger partial charge is 0.326 e. The fourth-order valence-electron chi connectivity index (χ4n) is 2.16. The Labute approximate surface area is 95.0 Å². The molecule has 1 saturated carbocycles. The van der Waals surface area contributed by atoms with Gasteiger partial charge in [0.15, 0.2) is 0 Å². The van der Waals surface area contributed by atoms with Crippen molar-refractivity contribution in [1.82, 2.24) is 5.32 Å². The number of nitrogens with one attached hydrogen (secondary N) is 1. The highest BCUT2D eigenvalue weighted by atomic mass is 14.9. The van der Waals surface area contributed by atoms with E-state index >= 15 is 0 Å². The van der Waals surface area contributed by atoms with Crippen LogP contribution >= 0.6 is 0 Å². The summed E-state index contributed by atoms with van der Waals surface area (Å²) in [6, 6.07) is 0. The van der Waals surface area contributed by atoms with E-state index in [0.717, 1.165) is 25.4 Å². The van der Waals surface area contributed by atoms with Gasteiger partial charge in [-0.05, 0) is 51.0 Å². The predicted octanol–water partition coefficient (Wildman–Crippen LogP) is 2.53.